The van der Waals surface area contributed by atoms with Crippen LogP contribution in [-0.4, -0.2) is 14.2 Å². The van der Waals surface area contributed by atoms with E-state index >= 15 is 0 Å². The molecule has 108 valence electrons. The summed E-state index contributed by atoms with van der Waals surface area (Å²) in [7, 11) is 3.30. The quantitative estimate of drug-likeness (QED) is 0.737. The SMILES string of the molecule is COc1cccc(C=COC=Cc2cccc(OC)c2)c1. The van der Waals surface area contributed by atoms with Gasteiger partial charge in [0.25, 0.3) is 0 Å². The fourth-order valence-corrected chi connectivity index (χ4v) is 1.77. The number of benzene rings is 2. The van der Waals surface area contributed by atoms with Gasteiger partial charge in [0.05, 0.1) is 26.7 Å². The van der Waals surface area contributed by atoms with Crippen LogP contribution in [0.5, 0.6) is 11.5 Å². The molecule has 0 amide bonds. The van der Waals surface area contributed by atoms with E-state index in [1.165, 1.54) is 0 Å². The molecular weight excluding hydrogens is 264 g/mol. The van der Waals surface area contributed by atoms with E-state index in [-0.39, 0.29) is 0 Å². The minimum atomic E-state index is 0.823. The summed E-state index contributed by atoms with van der Waals surface area (Å²) < 4.78 is 15.7. The molecule has 0 aliphatic carbocycles. The molecular formula is C18H18O3. The molecule has 0 bridgehead atoms. The molecule has 0 aliphatic rings. The molecule has 0 saturated carbocycles. The molecule has 2 aromatic carbocycles. The summed E-state index contributed by atoms with van der Waals surface area (Å²) in [6.07, 6.45) is 7.01. The van der Waals surface area contributed by atoms with Gasteiger partial charge in [-0.25, -0.2) is 0 Å². The zero-order chi connectivity index (χ0) is 14.9. The van der Waals surface area contributed by atoms with E-state index in [0.717, 1.165) is 22.6 Å². The second kappa shape index (κ2) is 7.80. The van der Waals surface area contributed by atoms with Crippen molar-refractivity contribution in [1.82, 2.24) is 0 Å². The Morgan fingerprint density at radius 2 is 1.19 bits per heavy atom. The lowest BCUT2D eigenvalue weighted by molar-refractivity contribution is 0.409. The van der Waals surface area contributed by atoms with Gasteiger partial charge in [0.1, 0.15) is 11.5 Å². The predicted molar refractivity (Wildman–Crippen MR) is 85.1 cm³/mol. The Morgan fingerprint density at radius 3 is 1.62 bits per heavy atom. The molecule has 21 heavy (non-hydrogen) atoms. The lowest BCUT2D eigenvalue weighted by Crippen LogP contribution is -1.82. The lowest BCUT2D eigenvalue weighted by atomic mass is 10.2. The summed E-state index contributed by atoms with van der Waals surface area (Å²) in [4.78, 5) is 0. The van der Waals surface area contributed by atoms with Crippen LogP contribution in [0.15, 0.2) is 61.1 Å². The molecule has 0 fully saturated rings. The van der Waals surface area contributed by atoms with Crippen molar-refractivity contribution in [3.63, 3.8) is 0 Å². The fraction of sp³-hybridized carbons (Fsp3) is 0.111. The first kappa shape index (κ1) is 14.7. The molecule has 0 saturated heterocycles. The van der Waals surface area contributed by atoms with Gasteiger partial charge in [-0.2, -0.15) is 0 Å². The van der Waals surface area contributed by atoms with Crippen molar-refractivity contribution in [2.24, 2.45) is 0 Å². The van der Waals surface area contributed by atoms with Crippen molar-refractivity contribution in [2.45, 2.75) is 0 Å². The minimum Gasteiger partial charge on any atom is -0.497 e. The molecule has 0 aliphatic heterocycles. The molecule has 3 heteroatoms. The first-order chi connectivity index (χ1) is 10.3. The monoisotopic (exact) mass is 282 g/mol. The molecule has 0 atom stereocenters. The first-order valence-corrected chi connectivity index (χ1v) is 6.58. The average Bonchev–Trinajstić information content (AvgIpc) is 2.55. The van der Waals surface area contributed by atoms with E-state index in [2.05, 4.69) is 0 Å². The summed E-state index contributed by atoms with van der Waals surface area (Å²) in [6, 6.07) is 15.5. The van der Waals surface area contributed by atoms with E-state index in [1.807, 2.05) is 60.7 Å². The third-order valence-electron chi connectivity index (χ3n) is 2.87. The molecule has 0 aromatic heterocycles. The number of hydrogen-bond acceptors (Lipinski definition) is 3. The van der Waals surface area contributed by atoms with Crippen LogP contribution >= 0.6 is 0 Å². The molecule has 2 aromatic rings. The smallest absolute Gasteiger partial charge is 0.119 e. The predicted octanol–water partition coefficient (Wildman–Crippen LogP) is 4.36. The van der Waals surface area contributed by atoms with Crippen LogP contribution < -0.4 is 9.47 Å². The fourth-order valence-electron chi connectivity index (χ4n) is 1.77. The molecule has 3 nitrogen and oxygen atoms in total. The van der Waals surface area contributed by atoms with Gasteiger partial charge in [0, 0.05) is 0 Å². The molecule has 0 unspecified atom stereocenters. The second-order valence-electron chi connectivity index (χ2n) is 4.29. The highest BCUT2D eigenvalue weighted by atomic mass is 16.5. The van der Waals surface area contributed by atoms with Crippen LogP contribution in [0.1, 0.15) is 11.1 Å². The average molecular weight is 282 g/mol. The Balaban J connectivity index is 1.90. The zero-order valence-corrected chi connectivity index (χ0v) is 12.2. The molecule has 0 heterocycles. The van der Waals surface area contributed by atoms with Gasteiger partial charge >= 0.3 is 0 Å². The molecule has 0 spiro atoms. The van der Waals surface area contributed by atoms with Crippen molar-refractivity contribution in [3.8, 4) is 11.5 Å². The highest BCUT2D eigenvalue weighted by Gasteiger charge is 1.92. The van der Waals surface area contributed by atoms with Crippen LogP contribution in [0, 0.1) is 0 Å². The number of ether oxygens (including phenoxy) is 3. The van der Waals surface area contributed by atoms with Gasteiger partial charge in [0.2, 0.25) is 0 Å². The van der Waals surface area contributed by atoms with Crippen molar-refractivity contribution < 1.29 is 14.2 Å². The Labute approximate surface area is 125 Å². The van der Waals surface area contributed by atoms with Crippen LogP contribution in [0.2, 0.25) is 0 Å². The summed E-state index contributed by atoms with van der Waals surface area (Å²) in [5, 5.41) is 0. The normalized spacial score (nSPS) is 11.0. The van der Waals surface area contributed by atoms with E-state index < -0.39 is 0 Å². The van der Waals surface area contributed by atoms with E-state index in [4.69, 9.17) is 14.2 Å². The summed E-state index contributed by atoms with van der Waals surface area (Å²) in [6.45, 7) is 0. The van der Waals surface area contributed by atoms with Crippen molar-refractivity contribution in [2.75, 3.05) is 14.2 Å². The lowest BCUT2D eigenvalue weighted by Gasteiger charge is -2.00. The van der Waals surface area contributed by atoms with Gasteiger partial charge in [-0.1, -0.05) is 24.3 Å². The van der Waals surface area contributed by atoms with Crippen LogP contribution in [0.4, 0.5) is 0 Å². The van der Waals surface area contributed by atoms with Crippen molar-refractivity contribution in [1.29, 1.82) is 0 Å². The third-order valence-corrected chi connectivity index (χ3v) is 2.87. The minimum absolute atomic E-state index is 0.823. The molecule has 2 rings (SSSR count). The van der Waals surface area contributed by atoms with E-state index in [1.54, 1.807) is 26.7 Å². The summed E-state index contributed by atoms with van der Waals surface area (Å²) in [5.41, 5.74) is 2.04. The van der Waals surface area contributed by atoms with Crippen molar-refractivity contribution in [3.05, 3.63) is 72.2 Å². The highest BCUT2D eigenvalue weighted by molar-refractivity contribution is 5.52. The Hall–Kier alpha value is -2.68. The number of methoxy groups -OCH3 is 2. The maximum absolute atomic E-state index is 5.35. The van der Waals surface area contributed by atoms with Crippen LogP contribution in [0.25, 0.3) is 12.2 Å². The zero-order valence-electron chi connectivity index (χ0n) is 12.2. The molecule has 0 radical (unpaired) electrons. The topological polar surface area (TPSA) is 27.7 Å². The Kier molecular flexibility index (Phi) is 5.47. The summed E-state index contributed by atoms with van der Waals surface area (Å²) >= 11 is 0. The Bertz CT molecular complexity index is 574. The van der Waals surface area contributed by atoms with Gasteiger partial charge in [-0.15, -0.1) is 0 Å². The Morgan fingerprint density at radius 1 is 0.714 bits per heavy atom. The first-order valence-electron chi connectivity index (χ1n) is 6.58. The molecule has 0 N–H and O–H groups in total. The van der Waals surface area contributed by atoms with Gasteiger partial charge in [-0.05, 0) is 47.5 Å². The van der Waals surface area contributed by atoms with Crippen molar-refractivity contribution >= 4 is 12.2 Å². The van der Waals surface area contributed by atoms with Gasteiger partial charge in [-0.3, -0.25) is 0 Å². The maximum atomic E-state index is 5.35. The van der Waals surface area contributed by atoms with E-state index in [0.29, 0.717) is 0 Å². The maximum Gasteiger partial charge on any atom is 0.119 e. The van der Waals surface area contributed by atoms with Crippen LogP contribution in [0.3, 0.4) is 0 Å². The third kappa shape index (κ3) is 4.73. The number of rotatable bonds is 6. The van der Waals surface area contributed by atoms with Crippen LogP contribution in [-0.2, 0) is 4.74 Å². The van der Waals surface area contributed by atoms with E-state index in [9.17, 15) is 0 Å². The van der Waals surface area contributed by atoms with Gasteiger partial charge in [0.15, 0.2) is 0 Å². The summed E-state index contributed by atoms with van der Waals surface area (Å²) in [5.74, 6) is 1.65. The standard InChI is InChI=1S/C18H18O3/c1-19-17-7-3-5-15(13-17)9-11-21-12-10-16-6-4-8-18(14-16)20-2/h3-14H,1-2H3. The van der Waals surface area contributed by atoms with Gasteiger partial charge < -0.3 is 14.2 Å². The second-order valence-corrected chi connectivity index (χ2v) is 4.29. The largest absolute Gasteiger partial charge is 0.497 e. The highest BCUT2D eigenvalue weighted by Crippen LogP contribution is 2.15. The number of hydrogen-bond donors (Lipinski definition) is 0.